The number of amides is 1. The van der Waals surface area contributed by atoms with Crippen LogP contribution in [0.5, 0.6) is 0 Å². The highest BCUT2D eigenvalue weighted by atomic mass is 35.5. The van der Waals surface area contributed by atoms with Crippen LogP contribution in [0.2, 0.25) is 5.02 Å². The maximum Gasteiger partial charge on any atom is 0.252 e. The van der Waals surface area contributed by atoms with E-state index in [4.69, 9.17) is 11.6 Å². The monoisotopic (exact) mass is 344 g/mol. The summed E-state index contributed by atoms with van der Waals surface area (Å²) >= 11 is 7.44. The van der Waals surface area contributed by atoms with Gasteiger partial charge in [0.25, 0.3) is 5.91 Å². The average molecular weight is 345 g/mol. The first kappa shape index (κ1) is 15.9. The van der Waals surface area contributed by atoms with Crippen molar-refractivity contribution in [1.29, 1.82) is 0 Å². The van der Waals surface area contributed by atoms with Crippen LogP contribution in [0, 0.1) is 0 Å². The van der Waals surface area contributed by atoms with Crippen LogP contribution in [0.1, 0.15) is 16.1 Å². The molecule has 2 aromatic rings. The van der Waals surface area contributed by atoms with Crippen molar-refractivity contribution in [1.82, 2.24) is 10.3 Å². The van der Waals surface area contributed by atoms with Crippen LogP contribution in [0.15, 0.2) is 34.0 Å². The number of nitrogens with one attached hydrogen (secondary N) is 1. The van der Waals surface area contributed by atoms with Gasteiger partial charge in [-0.05, 0) is 18.2 Å². The van der Waals surface area contributed by atoms with Gasteiger partial charge in [-0.25, -0.2) is 13.4 Å². The minimum atomic E-state index is -3.38. The van der Waals surface area contributed by atoms with Crippen molar-refractivity contribution in [3.05, 3.63) is 45.4 Å². The van der Waals surface area contributed by atoms with Gasteiger partial charge in [0.15, 0.2) is 9.84 Å². The van der Waals surface area contributed by atoms with Gasteiger partial charge in [-0.2, -0.15) is 0 Å². The number of thiazole rings is 1. The van der Waals surface area contributed by atoms with Crippen molar-refractivity contribution < 1.29 is 13.2 Å². The Labute approximate surface area is 131 Å². The maximum absolute atomic E-state index is 12.1. The first-order valence-corrected chi connectivity index (χ1v) is 9.24. The number of benzene rings is 1. The number of carbonyl (C=O) groups excluding carboxylic acids is 1. The van der Waals surface area contributed by atoms with Crippen molar-refractivity contribution in [3.8, 4) is 0 Å². The lowest BCUT2D eigenvalue weighted by Crippen LogP contribution is -2.26. The standard InChI is InChI=1S/C13H13ClN2O3S2/c1-21(18,19)10-2-3-12(14)11(6-10)13(17)15-5-4-9-7-20-8-16-9/h2-3,6-8H,4-5H2,1H3,(H,15,17). The van der Waals surface area contributed by atoms with Gasteiger partial charge < -0.3 is 5.32 Å². The molecule has 0 saturated carbocycles. The van der Waals surface area contributed by atoms with Gasteiger partial charge >= 0.3 is 0 Å². The van der Waals surface area contributed by atoms with Crippen LogP contribution in [-0.4, -0.2) is 32.1 Å². The first-order valence-electron chi connectivity index (χ1n) is 6.03. The Balaban J connectivity index is 2.08. The molecule has 1 aromatic heterocycles. The molecule has 0 aliphatic rings. The molecule has 1 aromatic carbocycles. The molecule has 0 fully saturated rings. The molecule has 0 bridgehead atoms. The molecule has 0 saturated heterocycles. The summed E-state index contributed by atoms with van der Waals surface area (Å²) in [5, 5.41) is 4.83. The first-order chi connectivity index (χ1) is 9.88. The molecule has 5 nitrogen and oxygen atoms in total. The number of halogens is 1. The van der Waals surface area contributed by atoms with Gasteiger partial charge in [-0.3, -0.25) is 4.79 Å². The average Bonchev–Trinajstić information content (AvgIpc) is 2.91. The molecule has 112 valence electrons. The van der Waals surface area contributed by atoms with Gasteiger partial charge in [-0.15, -0.1) is 11.3 Å². The second-order valence-electron chi connectivity index (χ2n) is 4.40. The molecule has 1 amide bonds. The van der Waals surface area contributed by atoms with E-state index in [-0.39, 0.29) is 15.5 Å². The van der Waals surface area contributed by atoms with E-state index >= 15 is 0 Å². The van der Waals surface area contributed by atoms with E-state index in [1.165, 1.54) is 29.5 Å². The Morgan fingerprint density at radius 1 is 1.43 bits per heavy atom. The molecule has 0 atom stereocenters. The SMILES string of the molecule is CS(=O)(=O)c1ccc(Cl)c(C(=O)NCCc2cscn2)c1. The summed E-state index contributed by atoms with van der Waals surface area (Å²) in [6.45, 7) is 0.405. The molecule has 21 heavy (non-hydrogen) atoms. The minimum absolute atomic E-state index is 0.0663. The molecule has 8 heteroatoms. The Morgan fingerprint density at radius 2 is 2.19 bits per heavy atom. The van der Waals surface area contributed by atoms with Crippen molar-refractivity contribution in [2.75, 3.05) is 12.8 Å². The maximum atomic E-state index is 12.1. The number of aromatic nitrogens is 1. The Morgan fingerprint density at radius 3 is 2.81 bits per heavy atom. The van der Waals surface area contributed by atoms with Crippen LogP contribution in [0.3, 0.4) is 0 Å². The summed E-state index contributed by atoms with van der Waals surface area (Å²) in [6, 6.07) is 4.08. The van der Waals surface area contributed by atoms with Crippen LogP contribution in [0.25, 0.3) is 0 Å². The lowest BCUT2D eigenvalue weighted by Gasteiger charge is -2.07. The van der Waals surface area contributed by atoms with Gasteiger partial charge in [0.1, 0.15) is 0 Å². The Bertz CT molecular complexity index is 743. The fraction of sp³-hybridized carbons (Fsp3) is 0.231. The number of sulfone groups is 1. The highest BCUT2D eigenvalue weighted by molar-refractivity contribution is 7.90. The predicted octanol–water partition coefficient (Wildman–Crippen LogP) is 2.17. The molecule has 1 heterocycles. The zero-order valence-corrected chi connectivity index (χ0v) is 13.6. The summed E-state index contributed by atoms with van der Waals surface area (Å²) in [6.07, 6.45) is 1.69. The Kier molecular flexibility index (Phi) is 4.97. The fourth-order valence-electron chi connectivity index (χ4n) is 1.67. The highest BCUT2D eigenvalue weighted by Gasteiger charge is 2.15. The van der Waals surface area contributed by atoms with Crippen LogP contribution in [0.4, 0.5) is 0 Å². The summed E-state index contributed by atoms with van der Waals surface area (Å²) in [4.78, 5) is 16.2. The normalized spacial score (nSPS) is 11.3. The van der Waals surface area contributed by atoms with Crippen LogP contribution >= 0.6 is 22.9 Å². The topological polar surface area (TPSA) is 76.1 Å². The summed E-state index contributed by atoms with van der Waals surface area (Å²) < 4.78 is 23.0. The van der Waals surface area contributed by atoms with Crippen molar-refractivity contribution >= 4 is 38.7 Å². The predicted molar refractivity (Wildman–Crippen MR) is 82.7 cm³/mol. The zero-order valence-electron chi connectivity index (χ0n) is 11.2. The Hall–Kier alpha value is -1.44. The summed E-state index contributed by atoms with van der Waals surface area (Å²) in [5.74, 6) is -0.402. The van der Waals surface area contributed by atoms with E-state index in [0.717, 1.165) is 11.9 Å². The third-order valence-corrected chi connectivity index (χ3v) is 4.84. The van der Waals surface area contributed by atoms with E-state index < -0.39 is 15.7 Å². The minimum Gasteiger partial charge on any atom is -0.352 e. The van der Waals surface area contributed by atoms with Crippen LogP contribution < -0.4 is 5.32 Å². The second-order valence-corrected chi connectivity index (χ2v) is 7.54. The van der Waals surface area contributed by atoms with Gasteiger partial charge in [0, 0.05) is 24.6 Å². The molecular formula is C13H13ClN2O3S2. The van der Waals surface area contributed by atoms with E-state index in [9.17, 15) is 13.2 Å². The molecule has 0 unspecified atom stereocenters. The highest BCUT2D eigenvalue weighted by Crippen LogP contribution is 2.20. The molecule has 0 aliphatic heterocycles. The fourth-order valence-corrected chi connectivity index (χ4v) is 3.11. The third-order valence-electron chi connectivity index (χ3n) is 2.76. The van der Waals surface area contributed by atoms with Gasteiger partial charge in [0.2, 0.25) is 0 Å². The lowest BCUT2D eigenvalue weighted by atomic mass is 10.2. The molecule has 1 N–H and O–H groups in total. The third kappa shape index (κ3) is 4.26. The van der Waals surface area contributed by atoms with E-state index in [1.54, 1.807) is 5.51 Å². The number of hydrogen-bond donors (Lipinski definition) is 1. The quantitative estimate of drug-likeness (QED) is 0.901. The lowest BCUT2D eigenvalue weighted by molar-refractivity contribution is 0.0954. The van der Waals surface area contributed by atoms with E-state index in [1.807, 2.05) is 5.38 Å². The van der Waals surface area contributed by atoms with Crippen molar-refractivity contribution in [2.45, 2.75) is 11.3 Å². The zero-order chi connectivity index (χ0) is 15.5. The van der Waals surface area contributed by atoms with E-state index in [2.05, 4.69) is 10.3 Å². The number of nitrogens with zero attached hydrogens (tertiary/aromatic N) is 1. The number of carbonyl (C=O) groups is 1. The molecule has 0 aliphatic carbocycles. The largest absolute Gasteiger partial charge is 0.352 e. The molecular weight excluding hydrogens is 332 g/mol. The van der Waals surface area contributed by atoms with Gasteiger partial charge in [0.05, 0.1) is 26.7 Å². The molecule has 0 radical (unpaired) electrons. The van der Waals surface area contributed by atoms with Gasteiger partial charge in [-0.1, -0.05) is 11.6 Å². The van der Waals surface area contributed by atoms with E-state index in [0.29, 0.717) is 13.0 Å². The molecule has 0 spiro atoms. The molecule has 2 rings (SSSR count). The second kappa shape index (κ2) is 6.55. The number of hydrogen-bond acceptors (Lipinski definition) is 5. The number of rotatable bonds is 5. The van der Waals surface area contributed by atoms with Crippen molar-refractivity contribution in [3.63, 3.8) is 0 Å². The van der Waals surface area contributed by atoms with Crippen molar-refractivity contribution in [2.24, 2.45) is 0 Å². The van der Waals surface area contributed by atoms with Crippen LogP contribution in [-0.2, 0) is 16.3 Å². The summed E-state index contributed by atoms with van der Waals surface area (Å²) in [5.41, 5.74) is 2.78. The summed E-state index contributed by atoms with van der Waals surface area (Å²) in [7, 11) is -3.38. The smallest absolute Gasteiger partial charge is 0.252 e.